The molecular formula is C10H10BrN3O. The van der Waals surface area contributed by atoms with E-state index in [0.717, 1.165) is 10.1 Å². The molecule has 15 heavy (non-hydrogen) atoms. The molecule has 0 unspecified atom stereocenters. The molecule has 4 nitrogen and oxygen atoms in total. The van der Waals surface area contributed by atoms with E-state index in [2.05, 4.69) is 32.1 Å². The SMILES string of the molecule is OCc1nc2c(Br)cc(C3CC3)cn2n1. The molecule has 78 valence electrons. The molecule has 1 N–H and O–H groups in total. The molecule has 0 atom stereocenters. The van der Waals surface area contributed by atoms with Crippen LogP contribution in [0, 0.1) is 0 Å². The van der Waals surface area contributed by atoms with Gasteiger partial charge in [-0.15, -0.1) is 5.10 Å². The fourth-order valence-electron chi connectivity index (χ4n) is 1.72. The maximum Gasteiger partial charge on any atom is 0.177 e. The third-order valence-electron chi connectivity index (χ3n) is 2.64. The molecule has 0 bridgehead atoms. The average Bonchev–Trinajstić information content (AvgIpc) is 2.98. The molecule has 1 aliphatic rings. The van der Waals surface area contributed by atoms with E-state index < -0.39 is 0 Å². The van der Waals surface area contributed by atoms with E-state index in [9.17, 15) is 0 Å². The summed E-state index contributed by atoms with van der Waals surface area (Å²) in [5.74, 6) is 1.15. The van der Waals surface area contributed by atoms with Crippen LogP contribution in [0.15, 0.2) is 16.7 Å². The number of aliphatic hydroxyl groups excluding tert-OH is 1. The molecule has 0 amide bonds. The Morgan fingerprint density at radius 2 is 2.33 bits per heavy atom. The van der Waals surface area contributed by atoms with Gasteiger partial charge in [0.1, 0.15) is 6.61 Å². The lowest BCUT2D eigenvalue weighted by Crippen LogP contribution is -1.92. The van der Waals surface area contributed by atoms with Gasteiger partial charge in [-0.05, 0) is 46.3 Å². The molecule has 1 saturated carbocycles. The van der Waals surface area contributed by atoms with Crippen molar-refractivity contribution >= 4 is 21.6 Å². The average molecular weight is 268 g/mol. The molecule has 2 aromatic rings. The monoisotopic (exact) mass is 267 g/mol. The lowest BCUT2D eigenvalue weighted by Gasteiger charge is -2.00. The Hall–Kier alpha value is -0.940. The summed E-state index contributed by atoms with van der Waals surface area (Å²) in [6, 6.07) is 2.10. The smallest absolute Gasteiger partial charge is 0.177 e. The van der Waals surface area contributed by atoms with Crippen molar-refractivity contribution in [1.29, 1.82) is 0 Å². The first-order valence-corrected chi connectivity index (χ1v) is 5.73. The van der Waals surface area contributed by atoms with Crippen molar-refractivity contribution < 1.29 is 5.11 Å². The molecule has 0 radical (unpaired) electrons. The van der Waals surface area contributed by atoms with Crippen molar-refractivity contribution in [2.24, 2.45) is 0 Å². The first kappa shape index (κ1) is 9.30. The zero-order valence-corrected chi connectivity index (χ0v) is 9.61. The minimum absolute atomic E-state index is 0.118. The summed E-state index contributed by atoms with van der Waals surface area (Å²) in [4.78, 5) is 4.21. The largest absolute Gasteiger partial charge is 0.388 e. The van der Waals surface area contributed by atoms with Crippen LogP contribution in [0.5, 0.6) is 0 Å². The van der Waals surface area contributed by atoms with Crippen LogP contribution in [0.25, 0.3) is 5.65 Å². The van der Waals surface area contributed by atoms with Gasteiger partial charge in [0.2, 0.25) is 0 Å². The number of aromatic nitrogens is 3. The normalized spacial score (nSPS) is 16.1. The van der Waals surface area contributed by atoms with Gasteiger partial charge in [-0.2, -0.15) is 0 Å². The van der Waals surface area contributed by atoms with Gasteiger partial charge >= 0.3 is 0 Å². The number of pyridine rings is 1. The van der Waals surface area contributed by atoms with Gasteiger partial charge in [-0.1, -0.05) is 0 Å². The predicted molar refractivity (Wildman–Crippen MR) is 58.6 cm³/mol. The molecule has 3 rings (SSSR count). The molecular weight excluding hydrogens is 258 g/mol. The van der Waals surface area contributed by atoms with Gasteiger partial charge in [0.25, 0.3) is 0 Å². The van der Waals surface area contributed by atoms with E-state index in [1.165, 1.54) is 18.4 Å². The van der Waals surface area contributed by atoms with Gasteiger partial charge < -0.3 is 5.11 Å². The fourth-order valence-corrected chi connectivity index (χ4v) is 2.25. The summed E-state index contributed by atoms with van der Waals surface area (Å²) >= 11 is 3.48. The van der Waals surface area contributed by atoms with E-state index in [-0.39, 0.29) is 6.61 Å². The van der Waals surface area contributed by atoms with Gasteiger partial charge in [0, 0.05) is 6.20 Å². The first-order valence-electron chi connectivity index (χ1n) is 4.93. The molecule has 0 aromatic carbocycles. The summed E-state index contributed by atoms with van der Waals surface area (Å²) in [7, 11) is 0. The topological polar surface area (TPSA) is 50.4 Å². The van der Waals surface area contributed by atoms with Crippen molar-refractivity contribution in [2.75, 3.05) is 0 Å². The summed E-state index contributed by atoms with van der Waals surface area (Å²) < 4.78 is 2.68. The Morgan fingerprint density at radius 1 is 1.53 bits per heavy atom. The standard InChI is InChI=1S/C10H10BrN3O/c11-8-3-7(6-1-2-6)4-14-10(8)12-9(5-15)13-14/h3-4,6,15H,1-2,5H2. The summed E-state index contributed by atoms with van der Waals surface area (Å²) in [6.45, 7) is -0.118. The summed E-state index contributed by atoms with van der Waals surface area (Å²) in [5, 5.41) is 13.2. The number of aliphatic hydroxyl groups is 1. The number of hydrogen-bond acceptors (Lipinski definition) is 3. The molecule has 2 aromatic heterocycles. The number of fused-ring (bicyclic) bond motifs is 1. The highest BCUT2D eigenvalue weighted by atomic mass is 79.9. The zero-order valence-electron chi connectivity index (χ0n) is 8.02. The Kier molecular flexibility index (Phi) is 2.03. The van der Waals surface area contributed by atoms with Gasteiger partial charge in [0.15, 0.2) is 11.5 Å². The molecule has 1 fully saturated rings. The highest BCUT2D eigenvalue weighted by Crippen LogP contribution is 2.41. The molecule has 0 saturated heterocycles. The van der Waals surface area contributed by atoms with Crippen molar-refractivity contribution in [3.05, 3.63) is 28.1 Å². The summed E-state index contributed by atoms with van der Waals surface area (Å²) in [6.07, 6.45) is 4.53. The van der Waals surface area contributed by atoms with Crippen LogP contribution in [0.2, 0.25) is 0 Å². The molecule has 0 aliphatic heterocycles. The minimum atomic E-state index is -0.118. The fraction of sp³-hybridized carbons (Fsp3) is 0.400. The quantitative estimate of drug-likeness (QED) is 0.904. The first-order chi connectivity index (χ1) is 7.28. The van der Waals surface area contributed by atoms with Crippen LogP contribution in [0.1, 0.15) is 30.1 Å². The third-order valence-corrected chi connectivity index (χ3v) is 3.23. The Labute approximate surface area is 95.1 Å². The summed E-state index contributed by atoms with van der Waals surface area (Å²) in [5.41, 5.74) is 2.06. The molecule has 5 heteroatoms. The third kappa shape index (κ3) is 1.55. The lowest BCUT2D eigenvalue weighted by atomic mass is 10.2. The van der Waals surface area contributed by atoms with Crippen LogP contribution in [-0.4, -0.2) is 19.7 Å². The van der Waals surface area contributed by atoms with Crippen molar-refractivity contribution in [3.63, 3.8) is 0 Å². The van der Waals surface area contributed by atoms with Gasteiger partial charge in [-0.25, -0.2) is 9.50 Å². The van der Waals surface area contributed by atoms with Crippen LogP contribution >= 0.6 is 15.9 Å². The van der Waals surface area contributed by atoms with Crippen LogP contribution in [0.4, 0.5) is 0 Å². The van der Waals surface area contributed by atoms with E-state index >= 15 is 0 Å². The predicted octanol–water partition coefficient (Wildman–Crippen LogP) is 1.86. The van der Waals surface area contributed by atoms with Crippen molar-refractivity contribution in [2.45, 2.75) is 25.4 Å². The van der Waals surface area contributed by atoms with Crippen molar-refractivity contribution in [1.82, 2.24) is 14.6 Å². The number of rotatable bonds is 2. The Morgan fingerprint density at radius 3 is 3.00 bits per heavy atom. The highest BCUT2D eigenvalue weighted by molar-refractivity contribution is 9.10. The molecule has 2 heterocycles. The Balaban J connectivity index is 2.20. The van der Waals surface area contributed by atoms with Gasteiger partial charge in [-0.3, -0.25) is 0 Å². The van der Waals surface area contributed by atoms with E-state index in [1.807, 2.05) is 6.20 Å². The Bertz CT molecular complexity index is 519. The van der Waals surface area contributed by atoms with E-state index in [0.29, 0.717) is 11.7 Å². The maximum absolute atomic E-state index is 8.97. The lowest BCUT2D eigenvalue weighted by molar-refractivity contribution is 0.271. The number of nitrogens with zero attached hydrogens (tertiary/aromatic N) is 3. The van der Waals surface area contributed by atoms with Crippen LogP contribution in [0.3, 0.4) is 0 Å². The van der Waals surface area contributed by atoms with Crippen LogP contribution < -0.4 is 0 Å². The minimum Gasteiger partial charge on any atom is -0.388 e. The van der Waals surface area contributed by atoms with Crippen LogP contribution in [-0.2, 0) is 6.61 Å². The zero-order chi connectivity index (χ0) is 10.4. The van der Waals surface area contributed by atoms with Gasteiger partial charge in [0.05, 0.1) is 4.47 Å². The maximum atomic E-state index is 8.97. The second-order valence-corrected chi connectivity index (χ2v) is 4.70. The highest BCUT2D eigenvalue weighted by Gasteiger charge is 2.24. The van der Waals surface area contributed by atoms with E-state index in [4.69, 9.17) is 5.11 Å². The van der Waals surface area contributed by atoms with E-state index in [1.54, 1.807) is 4.52 Å². The number of halogens is 1. The second-order valence-electron chi connectivity index (χ2n) is 3.85. The molecule has 1 aliphatic carbocycles. The number of hydrogen-bond donors (Lipinski definition) is 1. The molecule has 0 spiro atoms. The van der Waals surface area contributed by atoms with Crippen molar-refractivity contribution in [3.8, 4) is 0 Å². The second kappa shape index (κ2) is 3.28.